The molecule has 0 amide bonds. The zero-order chi connectivity index (χ0) is 9.84. The summed E-state index contributed by atoms with van der Waals surface area (Å²) in [6.07, 6.45) is 2.43. The zero-order valence-corrected chi connectivity index (χ0v) is 8.75. The zero-order valence-electron chi connectivity index (χ0n) is 8.75. The number of aryl methyl sites for hydroxylation is 2. The van der Waals surface area contributed by atoms with E-state index >= 15 is 0 Å². The number of rotatable bonds is 4. The molecule has 0 atom stereocenters. The van der Waals surface area contributed by atoms with E-state index in [9.17, 15) is 0 Å². The van der Waals surface area contributed by atoms with Gasteiger partial charge in [0.1, 0.15) is 5.82 Å². The molecule has 13 heavy (non-hydrogen) atoms. The predicted octanol–water partition coefficient (Wildman–Crippen LogP) is 2.21. The van der Waals surface area contributed by atoms with Gasteiger partial charge in [-0.05, 0) is 25.7 Å². The van der Waals surface area contributed by atoms with Crippen LogP contribution in [0.2, 0.25) is 0 Å². The van der Waals surface area contributed by atoms with E-state index in [1.165, 1.54) is 12.8 Å². The Labute approximate surface area is 79.9 Å². The molecule has 0 aromatic carbocycles. The Morgan fingerprint density at radius 2 is 2.23 bits per heavy atom. The van der Waals surface area contributed by atoms with Gasteiger partial charge in [0.2, 0.25) is 0 Å². The number of nitrogen functional groups attached to an aromatic ring is 1. The Balaban J connectivity index is 2.40. The maximum atomic E-state index is 5.58. The van der Waals surface area contributed by atoms with E-state index in [1.54, 1.807) is 0 Å². The summed E-state index contributed by atoms with van der Waals surface area (Å²) in [6, 6.07) is 1.91. The predicted molar refractivity (Wildman–Crippen MR) is 55.4 cm³/mol. The SMILES string of the molecule is Cc1cc(N)nn1CCCC(C)C. The van der Waals surface area contributed by atoms with Crippen LogP contribution in [0, 0.1) is 12.8 Å². The minimum atomic E-state index is 0.627. The Morgan fingerprint density at radius 3 is 2.69 bits per heavy atom. The summed E-state index contributed by atoms with van der Waals surface area (Å²) in [4.78, 5) is 0. The van der Waals surface area contributed by atoms with Crippen LogP contribution in [0.25, 0.3) is 0 Å². The number of hydrogen-bond acceptors (Lipinski definition) is 2. The molecule has 1 heterocycles. The van der Waals surface area contributed by atoms with Crippen LogP contribution in [-0.4, -0.2) is 9.78 Å². The van der Waals surface area contributed by atoms with Gasteiger partial charge in [-0.2, -0.15) is 5.10 Å². The lowest BCUT2D eigenvalue weighted by Crippen LogP contribution is -2.04. The minimum Gasteiger partial charge on any atom is -0.382 e. The van der Waals surface area contributed by atoms with Crippen LogP contribution in [0.15, 0.2) is 6.07 Å². The van der Waals surface area contributed by atoms with E-state index in [0.717, 1.165) is 18.2 Å². The third kappa shape index (κ3) is 3.09. The molecule has 0 radical (unpaired) electrons. The molecule has 0 unspecified atom stereocenters. The van der Waals surface area contributed by atoms with Crippen molar-refractivity contribution in [2.75, 3.05) is 5.73 Å². The van der Waals surface area contributed by atoms with Gasteiger partial charge in [-0.1, -0.05) is 13.8 Å². The third-order valence-corrected chi connectivity index (χ3v) is 2.15. The van der Waals surface area contributed by atoms with Gasteiger partial charge in [0, 0.05) is 18.3 Å². The van der Waals surface area contributed by atoms with Crippen molar-refractivity contribution in [2.45, 2.75) is 40.2 Å². The van der Waals surface area contributed by atoms with Gasteiger partial charge in [-0.3, -0.25) is 4.68 Å². The highest BCUT2D eigenvalue weighted by Gasteiger charge is 2.01. The molecule has 3 heteroatoms. The average molecular weight is 181 g/mol. The molecule has 0 aliphatic heterocycles. The molecule has 74 valence electrons. The standard InChI is InChI=1S/C10H19N3/c1-8(2)5-4-6-13-9(3)7-10(11)12-13/h7-8H,4-6H2,1-3H3,(H2,11,12). The smallest absolute Gasteiger partial charge is 0.145 e. The van der Waals surface area contributed by atoms with Crippen LogP contribution >= 0.6 is 0 Å². The Morgan fingerprint density at radius 1 is 1.54 bits per heavy atom. The van der Waals surface area contributed by atoms with E-state index in [1.807, 2.05) is 17.7 Å². The summed E-state index contributed by atoms with van der Waals surface area (Å²) >= 11 is 0. The fraction of sp³-hybridized carbons (Fsp3) is 0.700. The Kier molecular flexibility index (Phi) is 3.34. The van der Waals surface area contributed by atoms with Crippen molar-refractivity contribution in [3.63, 3.8) is 0 Å². The van der Waals surface area contributed by atoms with E-state index in [2.05, 4.69) is 18.9 Å². The largest absolute Gasteiger partial charge is 0.382 e. The van der Waals surface area contributed by atoms with Gasteiger partial charge in [0.15, 0.2) is 0 Å². The lowest BCUT2D eigenvalue weighted by molar-refractivity contribution is 0.485. The molecule has 1 rings (SSSR count). The summed E-state index contributed by atoms with van der Waals surface area (Å²) in [6.45, 7) is 7.51. The molecule has 0 saturated heterocycles. The first kappa shape index (κ1) is 10.1. The Bertz CT molecular complexity index is 263. The van der Waals surface area contributed by atoms with Crippen molar-refractivity contribution in [3.8, 4) is 0 Å². The molecular weight excluding hydrogens is 162 g/mol. The van der Waals surface area contributed by atoms with Crippen molar-refractivity contribution in [1.82, 2.24) is 9.78 Å². The van der Waals surface area contributed by atoms with Gasteiger partial charge in [-0.25, -0.2) is 0 Å². The molecule has 0 bridgehead atoms. The number of nitrogens with zero attached hydrogens (tertiary/aromatic N) is 2. The summed E-state index contributed by atoms with van der Waals surface area (Å²) < 4.78 is 1.98. The van der Waals surface area contributed by atoms with Crippen molar-refractivity contribution in [3.05, 3.63) is 11.8 Å². The molecule has 0 aliphatic rings. The van der Waals surface area contributed by atoms with E-state index in [4.69, 9.17) is 5.73 Å². The van der Waals surface area contributed by atoms with E-state index in [0.29, 0.717) is 5.82 Å². The van der Waals surface area contributed by atoms with Crippen molar-refractivity contribution in [1.29, 1.82) is 0 Å². The molecule has 0 spiro atoms. The van der Waals surface area contributed by atoms with E-state index < -0.39 is 0 Å². The van der Waals surface area contributed by atoms with Crippen LogP contribution in [0.4, 0.5) is 5.82 Å². The molecule has 3 nitrogen and oxygen atoms in total. The van der Waals surface area contributed by atoms with Gasteiger partial charge >= 0.3 is 0 Å². The molecule has 0 fully saturated rings. The van der Waals surface area contributed by atoms with Crippen LogP contribution < -0.4 is 5.73 Å². The highest BCUT2D eigenvalue weighted by atomic mass is 15.3. The number of aromatic nitrogens is 2. The summed E-state index contributed by atoms with van der Waals surface area (Å²) in [7, 11) is 0. The second-order valence-electron chi connectivity index (χ2n) is 3.97. The normalized spacial score (nSPS) is 11.1. The first-order chi connectivity index (χ1) is 6.09. The minimum absolute atomic E-state index is 0.627. The number of anilines is 1. The summed E-state index contributed by atoms with van der Waals surface area (Å²) in [5, 5.41) is 4.20. The second-order valence-corrected chi connectivity index (χ2v) is 3.97. The Hall–Kier alpha value is -0.990. The highest BCUT2D eigenvalue weighted by molar-refractivity contribution is 5.28. The molecule has 1 aromatic rings. The highest BCUT2D eigenvalue weighted by Crippen LogP contribution is 2.08. The fourth-order valence-corrected chi connectivity index (χ4v) is 1.41. The summed E-state index contributed by atoms with van der Waals surface area (Å²) in [5.74, 6) is 1.40. The maximum Gasteiger partial charge on any atom is 0.145 e. The molecule has 1 aromatic heterocycles. The van der Waals surface area contributed by atoms with Crippen molar-refractivity contribution in [2.24, 2.45) is 5.92 Å². The van der Waals surface area contributed by atoms with Gasteiger partial charge in [0.25, 0.3) is 0 Å². The van der Waals surface area contributed by atoms with Gasteiger partial charge in [-0.15, -0.1) is 0 Å². The first-order valence-electron chi connectivity index (χ1n) is 4.89. The van der Waals surface area contributed by atoms with Gasteiger partial charge in [0.05, 0.1) is 0 Å². The first-order valence-corrected chi connectivity index (χ1v) is 4.89. The summed E-state index contributed by atoms with van der Waals surface area (Å²) in [5.41, 5.74) is 6.73. The molecule has 2 N–H and O–H groups in total. The maximum absolute atomic E-state index is 5.58. The van der Waals surface area contributed by atoms with Gasteiger partial charge < -0.3 is 5.73 Å². The molecular formula is C10H19N3. The van der Waals surface area contributed by atoms with Crippen LogP contribution in [0.5, 0.6) is 0 Å². The average Bonchev–Trinajstić information content (AvgIpc) is 2.29. The number of hydrogen-bond donors (Lipinski definition) is 1. The van der Waals surface area contributed by atoms with Crippen LogP contribution in [-0.2, 0) is 6.54 Å². The fourth-order valence-electron chi connectivity index (χ4n) is 1.41. The molecule has 0 saturated carbocycles. The lowest BCUT2D eigenvalue weighted by Gasteiger charge is -2.05. The van der Waals surface area contributed by atoms with Crippen LogP contribution in [0.1, 0.15) is 32.4 Å². The lowest BCUT2D eigenvalue weighted by atomic mass is 10.1. The second kappa shape index (κ2) is 4.30. The third-order valence-electron chi connectivity index (χ3n) is 2.15. The monoisotopic (exact) mass is 181 g/mol. The van der Waals surface area contributed by atoms with Crippen LogP contribution in [0.3, 0.4) is 0 Å². The topological polar surface area (TPSA) is 43.8 Å². The van der Waals surface area contributed by atoms with Crippen molar-refractivity contribution < 1.29 is 0 Å². The van der Waals surface area contributed by atoms with E-state index in [-0.39, 0.29) is 0 Å². The van der Waals surface area contributed by atoms with Crippen molar-refractivity contribution >= 4 is 5.82 Å². The molecule has 0 aliphatic carbocycles. The number of nitrogens with two attached hydrogens (primary N) is 1. The quantitative estimate of drug-likeness (QED) is 0.774.